The average Bonchev–Trinajstić information content (AvgIpc) is 2.72. The lowest BCUT2D eigenvalue weighted by molar-refractivity contribution is 0.386. The van der Waals surface area contributed by atoms with Crippen molar-refractivity contribution in [2.45, 2.75) is 22.7 Å². The van der Waals surface area contributed by atoms with E-state index in [1.165, 1.54) is 35.4 Å². The van der Waals surface area contributed by atoms with Gasteiger partial charge in [0.1, 0.15) is 4.90 Å². The zero-order valence-corrected chi connectivity index (χ0v) is 17.4. The van der Waals surface area contributed by atoms with Gasteiger partial charge in [0.05, 0.1) is 24.7 Å². The number of hydrogen-bond acceptors (Lipinski definition) is 6. The Morgan fingerprint density at radius 3 is 2.72 bits per heavy atom. The lowest BCUT2D eigenvalue weighted by Gasteiger charge is -2.30. The number of hydrogen-bond donors (Lipinski definition) is 0. The molecule has 0 spiro atoms. The van der Waals surface area contributed by atoms with Crippen molar-refractivity contribution in [2.75, 3.05) is 18.0 Å². The van der Waals surface area contributed by atoms with Crippen molar-refractivity contribution >= 4 is 27.5 Å². The number of nitrogens with zero attached hydrogens (tertiary/aromatic N) is 3. The van der Waals surface area contributed by atoms with Gasteiger partial charge in [0.15, 0.2) is 16.7 Å². The van der Waals surface area contributed by atoms with E-state index in [0.717, 1.165) is 11.1 Å². The Morgan fingerprint density at radius 2 is 2.00 bits per heavy atom. The van der Waals surface area contributed by atoms with Gasteiger partial charge >= 0.3 is 0 Å². The zero-order chi connectivity index (χ0) is 20.6. The molecule has 150 valence electrons. The molecule has 0 saturated carbocycles. The molecule has 0 fully saturated rings. The number of sulfonamides is 1. The first-order valence-electron chi connectivity index (χ1n) is 8.90. The van der Waals surface area contributed by atoms with Gasteiger partial charge in [-0.25, -0.2) is 22.8 Å². The molecular weight excluding hydrogens is 413 g/mol. The number of rotatable bonds is 5. The molecule has 0 amide bonds. The Hall–Kier alpha value is -2.65. The number of halogens is 1. The van der Waals surface area contributed by atoms with Crippen molar-refractivity contribution in [1.29, 1.82) is 0 Å². The molecule has 1 aliphatic heterocycles. The standard InChI is InChI=1S/C20H18FN3O3S2/c1-3-24-16-7-5-4-6-14(16)19-18(29(24,25)26)11-22-20(23-19)28-12-13-8-9-17(27-2)15(21)10-13/h4-11H,3,12H2,1-2H3. The molecule has 9 heteroatoms. The Kier molecular flexibility index (Phi) is 5.18. The highest BCUT2D eigenvalue weighted by Gasteiger charge is 2.35. The highest BCUT2D eigenvalue weighted by atomic mass is 32.2. The van der Waals surface area contributed by atoms with Crippen molar-refractivity contribution in [1.82, 2.24) is 9.97 Å². The Balaban J connectivity index is 1.68. The van der Waals surface area contributed by atoms with Crippen molar-refractivity contribution < 1.29 is 17.5 Å². The maximum atomic E-state index is 13.9. The second-order valence-corrected chi connectivity index (χ2v) is 9.08. The predicted molar refractivity (Wildman–Crippen MR) is 110 cm³/mol. The molecule has 0 aliphatic carbocycles. The maximum absolute atomic E-state index is 13.9. The van der Waals surface area contributed by atoms with E-state index in [-0.39, 0.29) is 10.6 Å². The third kappa shape index (κ3) is 3.44. The molecule has 29 heavy (non-hydrogen) atoms. The summed E-state index contributed by atoms with van der Waals surface area (Å²) in [6.07, 6.45) is 1.35. The SMILES string of the molecule is CCN1c2ccccc2-c2nc(SCc3ccc(OC)c(F)c3)ncc2S1(=O)=O. The van der Waals surface area contributed by atoms with E-state index in [9.17, 15) is 12.8 Å². The highest BCUT2D eigenvalue weighted by Crippen LogP contribution is 2.42. The topological polar surface area (TPSA) is 72.4 Å². The van der Waals surface area contributed by atoms with Crippen LogP contribution in [0.1, 0.15) is 12.5 Å². The van der Waals surface area contributed by atoms with E-state index in [4.69, 9.17) is 4.74 Å². The molecule has 0 saturated heterocycles. The van der Waals surface area contributed by atoms with E-state index < -0.39 is 15.8 Å². The van der Waals surface area contributed by atoms with Gasteiger partial charge in [-0.1, -0.05) is 36.0 Å². The fraction of sp³-hybridized carbons (Fsp3) is 0.200. The third-order valence-electron chi connectivity index (χ3n) is 4.60. The summed E-state index contributed by atoms with van der Waals surface area (Å²) >= 11 is 1.31. The minimum Gasteiger partial charge on any atom is -0.494 e. The summed E-state index contributed by atoms with van der Waals surface area (Å²) in [5.41, 5.74) is 2.50. The first-order valence-corrected chi connectivity index (χ1v) is 11.3. The Labute approximate surface area is 172 Å². The second-order valence-electron chi connectivity index (χ2n) is 6.31. The van der Waals surface area contributed by atoms with E-state index >= 15 is 0 Å². The molecule has 0 radical (unpaired) electrons. The third-order valence-corrected chi connectivity index (χ3v) is 7.42. The van der Waals surface area contributed by atoms with Gasteiger partial charge in [-0.2, -0.15) is 0 Å². The van der Waals surface area contributed by atoms with E-state index in [1.807, 2.05) is 12.1 Å². The van der Waals surface area contributed by atoms with Crippen LogP contribution in [0.15, 0.2) is 58.7 Å². The van der Waals surface area contributed by atoms with Crippen LogP contribution in [0.4, 0.5) is 10.1 Å². The Bertz CT molecular complexity index is 1190. The number of aromatic nitrogens is 2. The number of fused-ring (bicyclic) bond motifs is 3. The number of ether oxygens (including phenoxy) is 1. The summed E-state index contributed by atoms with van der Waals surface area (Å²) in [5.74, 6) is 0.192. The van der Waals surface area contributed by atoms with Gasteiger partial charge in [0, 0.05) is 17.9 Å². The second kappa shape index (κ2) is 7.64. The molecule has 2 aromatic carbocycles. The van der Waals surface area contributed by atoms with E-state index in [1.54, 1.807) is 31.2 Å². The molecular formula is C20H18FN3O3S2. The van der Waals surface area contributed by atoms with Crippen LogP contribution >= 0.6 is 11.8 Å². The van der Waals surface area contributed by atoms with Crippen molar-refractivity contribution in [3.63, 3.8) is 0 Å². The average molecular weight is 432 g/mol. The van der Waals surface area contributed by atoms with Gasteiger partial charge in [-0.3, -0.25) is 4.31 Å². The van der Waals surface area contributed by atoms with Gasteiger partial charge in [-0.05, 0) is 30.7 Å². The number of benzene rings is 2. The van der Waals surface area contributed by atoms with E-state index in [2.05, 4.69) is 9.97 Å². The minimum absolute atomic E-state index is 0.0953. The number of anilines is 1. The summed E-state index contributed by atoms with van der Waals surface area (Å²) < 4.78 is 46.1. The summed E-state index contributed by atoms with van der Waals surface area (Å²) in [7, 11) is -2.29. The van der Waals surface area contributed by atoms with Crippen LogP contribution < -0.4 is 9.04 Å². The van der Waals surface area contributed by atoms with Gasteiger partial charge in [0.25, 0.3) is 10.0 Å². The van der Waals surface area contributed by atoms with E-state index in [0.29, 0.717) is 28.8 Å². The lowest BCUT2D eigenvalue weighted by atomic mass is 10.1. The lowest BCUT2D eigenvalue weighted by Crippen LogP contribution is -2.34. The van der Waals surface area contributed by atoms with Gasteiger partial charge in [0.2, 0.25) is 0 Å². The molecule has 6 nitrogen and oxygen atoms in total. The van der Waals surface area contributed by atoms with Gasteiger partial charge in [-0.15, -0.1) is 0 Å². The molecule has 1 aliphatic rings. The van der Waals surface area contributed by atoms with Crippen LogP contribution in [0.3, 0.4) is 0 Å². The number of para-hydroxylation sites is 1. The first-order chi connectivity index (χ1) is 14.0. The number of thioether (sulfide) groups is 1. The molecule has 4 rings (SSSR count). The largest absolute Gasteiger partial charge is 0.494 e. The quantitative estimate of drug-likeness (QED) is 0.447. The molecule has 0 bridgehead atoms. The highest BCUT2D eigenvalue weighted by molar-refractivity contribution is 7.98. The van der Waals surface area contributed by atoms with Crippen LogP contribution in [0.2, 0.25) is 0 Å². The van der Waals surface area contributed by atoms with Crippen molar-refractivity contribution in [3.05, 3.63) is 60.0 Å². The number of methoxy groups -OCH3 is 1. The fourth-order valence-corrected chi connectivity index (χ4v) is 5.57. The first kappa shape index (κ1) is 19.7. The molecule has 2 heterocycles. The Morgan fingerprint density at radius 1 is 1.21 bits per heavy atom. The monoisotopic (exact) mass is 431 g/mol. The molecule has 0 atom stereocenters. The van der Waals surface area contributed by atoms with Crippen LogP contribution in [0.5, 0.6) is 5.75 Å². The molecule has 1 aromatic heterocycles. The summed E-state index contributed by atoms with van der Waals surface area (Å²) in [6.45, 7) is 2.11. The summed E-state index contributed by atoms with van der Waals surface area (Å²) in [6, 6.07) is 12.0. The van der Waals surface area contributed by atoms with Crippen molar-refractivity contribution in [3.8, 4) is 17.0 Å². The molecule has 0 N–H and O–H groups in total. The summed E-state index contributed by atoms with van der Waals surface area (Å²) in [4.78, 5) is 8.84. The molecule has 3 aromatic rings. The fourth-order valence-electron chi connectivity index (χ4n) is 3.23. The predicted octanol–water partition coefficient (Wildman–Crippen LogP) is 4.11. The minimum atomic E-state index is -3.71. The van der Waals surface area contributed by atoms with Gasteiger partial charge < -0.3 is 4.74 Å². The maximum Gasteiger partial charge on any atom is 0.268 e. The normalized spacial score (nSPS) is 14.2. The zero-order valence-electron chi connectivity index (χ0n) is 15.8. The summed E-state index contributed by atoms with van der Waals surface area (Å²) in [5, 5.41) is 0.426. The van der Waals surface area contributed by atoms with Crippen LogP contribution in [0.25, 0.3) is 11.3 Å². The smallest absolute Gasteiger partial charge is 0.268 e. The van der Waals surface area contributed by atoms with Crippen LogP contribution in [-0.4, -0.2) is 32.0 Å². The van der Waals surface area contributed by atoms with Crippen LogP contribution in [0, 0.1) is 5.82 Å². The molecule has 0 unspecified atom stereocenters. The van der Waals surface area contributed by atoms with Crippen molar-refractivity contribution in [2.24, 2.45) is 0 Å². The van der Waals surface area contributed by atoms with Crippen LogP contribution in [-0.2, 0) is 15.8 Å².